The number of nitrogens with one attached hydrogen (secondary N) is 2. The van der Waals surface area contributed by atoms with E-state index in [9.17, 15) is 44.3 Å². The van der Waals surface area contributed by atoms with E-state index in [-0.39, 0.29) is 57.1 Å². The Hall–Kier alpha value is -6.85. The van der Waals surface area contributed by atoms with E-state index in [4.69, 9.17) is 19.9 Å². The zero-order valence-electron chi connectivity index (χ0n) is 31.4. The first-order valence-electron chi connectivity index (χ1n) is 18.3. The molecule has 0 bridgehead atoms. The molecular formula is C41H45N5O12. The lowest BCUT2D eigenvalue weighted by Crippen LogP contribution is -2.58. The number of nitro benzene ring substituents is 1. The number of amides is 4. The lowest BCUT2D eigenvalue weighted by molar-refractivity contribution is -0.384. The Morgan fingerprint density at radius 2 is 1.17 bits per heavy atom. The number of carbonyl (C=O) groups is 5. The lowest BCUT2D eigenvalue weighted by Gasteiger charge is -2.30. The third-order valence-electron chi connectivity index (χ3n) is 8.67. The Balaban J connectivity index is 1.59. The van der Waals surface area contributed by atoms with Gasteiger partial charge in [-0.1, -0.05) is 72.8 Å². The van der Waals surface area contributed by atoms with Gasteiger partial charge in [-0.05, 0) is 72.3 Å². The van der Waals surface area contributed by atoms with Crippen LogP contribution < -0.4 is 16.4 Å². The van der Waals surface area contributed by atoms with Crippen LogP contribution in [0.2, 0.25) is 0 Å². The molecule has 306 valence electrons. The van der Waals surface area contributed by atoms with E-state index in [1.807, 2.05) is 0 Å². The summed E-state index contributed by atoms with van der Waals surface area (Å²) in [6.07, 6.45) is -2.01. The summed E-state index contributed by atoms with van der Waals surface area (Å²) in [4.78, 5) is 79.6. The zero-order chi connectivity index (χ0) is 41.9. The molecule has 3 atom stereocenters. The Morgan fingerprint density at radius 1 is 0.672 bits per heavy atom. The van der Waals surface area contributed by atoms with E-state index in [1.165, 1.54) is 48.5 Å². The molecular weight excluding hydrogens is 754 g/mol. The fraction of sp³-hybridized carbons (Fsp3) is 0.293. The molecule has 0 aliphatic carbocycles. The lowest BCUT2D eigenvalue weighted by atomic mass is 10.0. The van der Waals surface area contributed by atoms with Crippen LogP contribution in [0, 0.1) is 10.1 Å². The predicted octanol–water partition coefficient (Wildman–Crippen LogP) is 4.02. The quantitative estimate of drug-likeness (QED) is 0.0279. The van der Waals surface area contributed by atoms with Crippen molar-refractivity contribution in [3.05, 3.63) is 142 Å². The summed E-state index contributed by atoms with van der Waals surface area (Å²) in [6, 6.07) is 23.5. The molecule has 0 aliphatic rings. The highest BCUT2D eigenvalue weighted by atomic mass is 16.6. The van der Waals surface area contributed by atoms with Gasteiger partial charge in [0.05, 0.1) is 11.5 Å². The summed E-state index contributed by atoms with van der Waals surface area (Å²) in [5, 5.41) is 35.8. The van der Waals surface area contributed by atoms with Gasteiger partial charge in [-0.2, -0.15) is 4.90 Å². The average Bonchev–Trinajstić information content (AvgIpc) is 3.24. The van der Waals surface area contributed by atoms with Crippen molar-refractivity contribution in [2.45, 2.75) is 63.6 Å². The number of unbranched alkanes of at least 4 members (excludes halogenated alkanes) is 1. The standard InChI is InChI=1S/C41H45N5O12/c42-22-8-7-13-36(45(40(52)57-26-29-9-3-1-4-10-29)41(53)58-27-30-11-5-2-6-12-30)38(50)43-34(23-28-16-20-33(48)21-17-28)37(49)44-35(24-47)39(51)56-25-31-14-18-32(19-15-31)46(54)55/h1-6,9-12,14-21,34-36,47-48H,7-8,13,22-27,42H2,(H,43,50)(H,44,49)/t34-,35+,36+/m1/s1. The number of imide groups is 1. The van der Waals surface area contributed by atoms with Crippen LogP contribution in [0.5, 0.6) is 5.75 Å². The number of rotatable bonds is 20. The highest BCUT2D eigenvalue weighted by Gasteiger charge is 2.39. The van der Waals surface area contributed by atoms with Gasteiger partial charge >= 0.3 is 18.2 Å². The molecule has 4 aromatic rings. The molecule has 0 spiro atoms. The van der Waals surface area contributed by atoms with E-state index in [2.05, 4.69) is 10.6 Å². The Kier molecular flexibility index (Phi) is 17.1. The van der Waals surface area contributed by atoms with Gasteiger partial charge in [0.25, 0.3) is 5.69 Å². The maximum absolute atomic E-state index is 14.3. The summed E-state index contributed by atoms with van der Waals surface area (Å²) < 4.78 is 16.2. The van der Waals surface area contributed by atoms with E-state index in [0.29, 0.717) is 33.6 Å². The minimum absolute atomic E-state index is 0.0662. The number of nitrogens with zero attached hydrogens (tertiary/aromatic N) is 2. The van der Waals surface area contributed by atoms with Crippen LogP contribution in [0.25, 0.3) is 0 Å². The third kappa shape index (κ3) is 13.7. The van der Waals surface area contributed by atoms with Crippen LogP contribution in [0.4, 0.5) is 15.3 Å². The van der Waals surface area contributed by atoms with Gasteiger partial charge in [-0.3, -0.25) is 19.7 Å². The number of hydrogen-bond donors (Lipinski definition) is 5. The van der Waals surface area contributed by atoms with Crippen molar-refractivity contribution in [2.24, 2.45) is 5.73 Å². The molecule has 58 heavy (non-hydrogen) atoms. The van der Waals surface area contributed by atoms with E-state index < -0.39 is 59.6 Å². The first kappa shape index (κ1) is 43.9. The summed E-state index contributed by atoms with van der Waals surface area (Å²) >= 11 is 0. The molecule has 0 heterocycles. The maximum atomic E-state index is 14.3. The fourth-order valence-corrected chi connectivity index (χ4v) is 5.53. The molecule has 17 heteroatoms. The minimum atomic E-state index is -1.61. The molecule has 0 unspecified atom stereocenters. The van der Waals surface area contributed by atoms with E-state index >= 15 is 0 Å². The number of non-ortho nitro benzene ring substituents is 1. The zero-order valence-corrected chi connectivity index (χ0v) is 31.4. The van der Waals surface area contributed by atoms with Crippen molar-refractivity contribution < 1.29 is 53.3 Å². The molecule has 4 aromatic carbocycles. The van der Waals surface area contributed by atoms with Crippen molar-refractivity contribution in [1.82, 2.24) is 15.5 Å². The van der Waals surface area contributed by atoms with Crippen LogP contribution in [0.15, 0.2) is 109 Å². The number of phenolic OH excluding ortho intramolecular Hbond substituents is 1. The molecule has 17 nitrogen and oxygen atoms in total. The molecule has 0 aliphatic heterocycles. The number of aliphatic hydroxyl groups is 1. The number of aromatic hydroxyl groups is 1. The molecule has 0 radical (unpaired) electrons. The maximum Gasteiger partial charge on any atom is 0.420 e. The normalized spacial score (nSPS) is 12.2. The molecule has 6 N–H and O–H groups in total. The number of ether oxygens (including phenoxy) is 3. The van der Waals surface area contributed by atoms with Gasteiger partial charge in [0.1, 0.15) is 37.7 Å². The van der Waals surface area contributed by atoms with Crippen molar-refractivity contribution in [3.63, 3.8) is 0 Å². The van der Waals surface area contributed by atoms with Crippen LogP contribution in [-0.4, -0.2) is 81.3 Å². The van der Waals surface area contributed by atoms with Gasteiger partial charge in [0, 0.05) is 18.6 Å². The molecule has 0 aromatic heterocycles. The van der Waals surface area contributed by atoms with E-state index in [0.717, 1.165) is 0 Å². The second kappa shape index (κ2) is 22.6. The van der Waals surface area contributed by atoms with Gasteiger partial charge < -0.3 is 40.8 Å². The second-order valence-electron chi connectivity index (χ2n) is 13.0. The van der Waals surface area contributed by atoms with Crippen LogP contribution in [0.3, 0.4) is 0 Å². The Morgan fingerprint density at radius 3 is 1.69 bits per heavy atom. The summed E-state index contributed by atoms with van der Waals surface area (Å²) in [6.45, 7) is -1.49. The van der Waals surface area contributed by atoms with Crippen LogP contribution >= 0.6 is 0 Å². The molecule has 4 rings (SSSR count). The number of aliphatic hydroxyl groups excluding tert-OH is 1. The first-order chi connectivity index (χ1) is 28.0. The SMILES string of the molecule is NCCCC[C@@H](C(=O)N[C@H](Cc1ccc(O)cc1)C(=O)N[C@@H](CO)C(=O)OCc1ccc([N+](=O)[O-])cc1)N(C(=O)OCc1ccccc1)C(=O)OCc1ccccc1. The smallest absolute Gasteiger partial charge is 0.420 e. The van der Waals surface area contributed by atoms with Crippen LogP contribution in [0.1, 0.15) is 41.5 Å². The highest BCUT2D eigenvalue weighted by molar-refractivity contribution is 5.97. The molecule has 0 saturated carbocycles. The number of carbonyl (C=O) groups excluding carboxylic acids is 5. The number of phenols is 1. The molecule has 4 amide bonds. The van der Waals surface area contributed by atoms with Gasteiger partial charge in [-0.15, -0.1) is 0 Å². The Labute approximate surface area is 333 Å². The number of esters is 1. The van der Waals surface area contributed by atoms with Crippen molar-refractivity contribution in [3.8, 4) is 5.75 Å². The third-order valence-corrected chi connectivity index (χ3v) is 8.67. The van der Waals surface area contributed by atoms with Crippen molar-refractivity contribution in [2.75, 3.05) is 13.2 Å². The number of nitro groups is 1. The number of benzene rings is 4. The van der Waals surface area contributed by atoms with Crippen LogP contribution in [-0.2, 0) is 54.8 Å². The van der Waals surface area contributed by atoms with Gasteiger partial charge in [0.2, 0.25) is 11.8 Å². The monoisotopic (exact) mass is 799 g/mol. The summed E-state index contributed by atoms with van der Waals surface area (Å²) in [5.41, 5.74) is 7.63. The fourth-order valence-electron chi connectivity index (χ4n) is 5.53. The largest absolute Gasteiger partial charge is 0.508 e. The van der Waals surface area contributed by atoms with Crippen molar-refractivity contribution >= 4 is 35.7 Å². The van der Waals surface area contributed by atoms with Gasteiger partial charge in [0.15, 0.2) is 6.04 Å². The molecule has 0 fully saturated rings. The number of nitrogens with two attached hydrogens (primary N) is 1. The highest BCUT2D eigenvalue weighted by Crippen LogP contribution is 2.18. The molecule has 0 saturated heterocycles. The Bertz CT molecular complexity index is 1910. The summed E-state index contributed by atoms with van der Waals surface area (Å²) in [5.74, 6) is -3.01. The number of hydrogen-bond acceptors (Lipinski definition) is 13. The topological polar surface area (TPSA) is 250 Å². The average molecular weight is 800 g/mol. The second-order valence-corrected chi connectivity index (χ2v) is 13.0. The predicted molar refractivity (Wildman–Crippen MR) is 207 cm³/mol. The van der Waals surface area contributed by atoms with Gasteiger partial charge in [-0.25, -0.2) is 14.4 Å². The first-order valence-corrected chi connectivity index (χ1v) is 18.3. The minimum Gasteiger partial charge on any atom is -0.508 e. The summed E-state index contributed by atoms with van der Waals surface area (Å²) in [7, 11) is 0. The van der Waals surface area contributed by atoms with E-state index in [1.54, 1.807) is 60.7 Å². The van der Waals surface area contributed by atoms with Crippen molar-refractivity contribution in [1.29, 1.82) is 0 Å².